The van der Waals surface area contributed by atoms with E-state index in [4.69, 9.17) is 10.3 Å². The van der Waals surface area contributed by atoms with Gasteiger partial charge in [-0.1, -0.05) is 64.5 Å². The molecule has 0 saturated carbocycles. The van der Waals surface area contributed by atoms with Gasteiger partial charge in [-0.05, 0) is 19.3 Å². The van der Waals surface area contributed by atoms with Crippen LogP contribution >= 0.6 is 0 Å². The molecule has 4 nitrogen and oxygen atoms in total. The number of nitrogens with two attached hydrogens (primary N) is 1. The minimum absolute atomic E-state index is 0.429. The highest BCUT2D eigenvalue weighted by Crippen LogP contribution is 2.23. The Hall–Kier alpha value is -0.900. The van der Waals surface area contributed by atoms with Gasteiger partial charge in [-0.3, -0.25) is 0 Å². The summed E-state index contributed by atoms with van der Waals surface area (Å²) in [6.07, 6.45) is 11.6. The van der Waals surface area contributed by atoms with Crippen molar-refractivity contribution < 1.29 is 4.52 Å². The average molecular weight is 281 g/mol. The Morgan fingerprint density at radius 2 is 1.55 bits per heavy atom. The van der Waals surface area contributed by atoms with Gasteiger partial charge in [-0.15, -0.1) is 0 Å². The molecule has 116 valence electrons. The number of rotatable bonds is 11. The highest BCUT2D eigenvalue weighted by atomic mass is 16.5. The molecule has 0 unspecified atom stereocenters. The van der Waals surface area contributed by atoms with Crippen molar-refractivity contribution in [3.63, 3.8) is 0 Å². The Bertz CT molecular complexity index is 358. The van der Waals surface area contributed by atoms with Crippen molar-refractivity contribution >= 4 is 0 Å². The number of aromatic nitrogens is 2. The van der Waals surface area contributed by atoms with Crippen molar-refractivity contribution in [1.29, 1.82) is 0 Å². The van der Waals surface area contributed by atoms with Gasteiger partial charge in [0.1, 0.15) is 0 Å². The van der Waals surface area contributed by atoms with Gasteiger partial charge in [0, 0.05) is 6.42 Å². The molecule has 0 atom stereocenters. The number of aryl methyl sites for hydroxylation is 1. The van der Waals surface area contributed by atoms with Crippen LogP contribution < -0.4 is 5.73 Å². The van der Waals surface area contributed by atoms with Crippen LogP contribution in [0.15, 0.2) is 4.52 Å². The summed E-state index contributed by atoms with van der Waals surface area (Å²) in [5.41, 5.74) is 5.84. The van der Waals surface area contributed by atoms with E-state index in [1.54, 1.807) is 0 Å². The van der Waals surface area contributed by atoms with E-state index in [9.17, 15) is 0 Å². The lowest BCUT2D eigenvalue weighted by molar-refractivity contribution is 0.333. The first-order chi connectivity index (χ1) is 9.66. The first kappa shape index (κ1) is 17.2. The van der Waals surface area contributed by atoms with Crippen molar-refractivity contribution in [3.8, 4) is 0 Å². The molecule has 0 aliphatic carbocycles. The zero-order chi connectivity index (χ0) is 14.8. The van der Waals surface area contributed by atoms with Gasteiger partial charge in [0.2, 0.25) is 5.89 Å². The van der Waals surface area contributed by atoms with Crippen molar-refractivity contribution in [1.82, 2.24) is 10.1 Å². The molecule has 0 bridgehead atoms. The zero-order valence-corrected chi connectivity index (χ0v) is 13.5. The first-order valence-electron chi connectivity index (χ1n) is 8.28. The SMILES string of the molecule is CCCCCCCCCc1nc(C(N)(CC)CC)no1. The molecule has 1 aromatic heterocycles. The fourth-order valence-electron chi connectivity index (χ4n) is 2.36. The lowest BCUT2D eigenvalue weighted by Crippen LogP contribution is -2.36. The molecule has 0 radical (unpaired) electrons. The minimum Gasteiger partial charge on any atom is -0.339 e. The summed E-state index contributed by atoms with van der Waals surface area (Å²) in [7, 11) is 0. The van der Waals surface area contributed by atoms with Crippen molar-refractivity contribution in [2.75, 3.05) is 0 Å². The van der Waals surface area contributed by atoms with Crippen LogP contribution in [0.25, 0.3) is 0 Å². The highest BCUT2D eigenvalue weighted by Gasteiger charge is 2.28. The molecule has 0 saturated heterocycles. The number of nitrogens with zero attached hydrogens (tertiary/aromatic N) is 2. The van der Waals surface area contributed by atoms with E-state index >= 15 is 0 Å². The van der Waals surface area contributed by atoms with Crippen molar-refractivity contribution in [3.05, 3.63) is 11.7 Å². The Balaban J connectivity index is 2.27. The third kappa shape index (κ3) is 5.23. The monoisotopic (exact) mass is 281 g/mol. The van der Waals surface area contributed by atoms with Gasteiger partial charge in [-0.2, -0.15) is 4.98 Å². The summed E-state index contributed by atoms with van der Waals surface area (Å²) in [6, 6.07) is 0. The molecular weight excluding hydrogens is 250 g/mol. The van der Waals surface area contributed by atoms with Crippen LogP contribution in [0.5, 0.6) is 0 Å². The van der Waals surface area contributed by atoms with Gasteiger partial charge in [0.05, 0.1) is 5.54 Å². The molecule has 0 fully saturated rings. The standard InChI is InChI=1S/C16H31N3O/c1-4-7-8-9-10-11-12-13-14-18-15(19-20-14)16(17,5-2)6-3/h4-13,17H2,1-3H3. The molecule has 1 aromatic rings. The second kappa shape index (κ2) is 9.11. The fourth-order valence-corrected chi connectivity index (χ4v) is 2.36. The smallest absolute Gasteiger partial charge is 0.226 e. The number of hydrogen-bond donors (Lipinski definition) is 1. The Morgan fingerprint density at radius 1 is 0.950 bits per heavy atom. The summed E-state index contributed by atoms with van der Waals surface area (Å²) in [4.78, 5) is 4.47. The summed E-state index contributed by atoms with van der Waals surface area (Å²) < 4.78 is 5.32. The van der Waals surface area contributed by atoms with E-state index in [1.807, 2.05) is 0 Å². The number of hydrogen-bond acceptors (Lipinski definition) is 4. The van der Waals surface area contributed by atoms with Crippen LogP contribution in [0, 0.1) is 0 Å². The minimum atomic E-state index is -0.429. The molecule has 0 amide bonds. The Morgan fingerprint density at radius 3 is 2.15 bits per heavy atom. The van der Waals surface area contributed by atoms with Crippen molar-refractivity contribution in [2.45, 2.75) is 90.5 Å². The van der Waals surface area contributed by atoms with Crippen LogP contribution in [0.1, 0.15) is 90.3 Å². The van der Waals surface area contributed by atoms with Gasteiger partial charge >= 0.3 is 0 Å². The van der Waals surface area contributed by atoms with Crippen LogP contribution in [-0.2, 0) is 12.0 Å². The molecule has 1 rings (SSSR count). The summed E-state index contributed by atoms with van der Waals surface area (Å²) in [5.74, 6) is 1.41. The lowest BCUT2D eigenvalue weighted by atomic mass is 9.93. The third-order valence-electron chi connectivity index (χ3n) is 4.17. The molecule has 0 aromatic carbocycles. The molecule has 2 N–H and O–H groups in total. The van der Waals surface area contributed by atoms with E-state index in [-0.39, 0.29) is 0 Å². The van der Waals surface area contributed by atoms with E-state index < -0.39 is 5.54 Å². The van der Waals surface area contributed by atoms with Crippen LogP contribution in [-0.4, -0.2) is 10.1 Å². The maximum Gasteiger partial charge on any atom is 0.226 e. The predicted octanol–water partition coefficient (Wildman–Crippen LogP) is 4.34. The molecule has 4 heteroatoms. The fraction of sp³-hybridized carbons (Fsp3) is 0.875. The largest absolute Gasteiger partial charge is 0.339 e. The normalized spacial score (nSPS) is 12.0. The molecular formula is C16H31N3O. The van der Waals surface area contributed by atoms with Gasteiger partial charge in [0.15, 0.2) is 5.82 Å². The van der Waals surface area contributed by atoms with Gasteiger partial charge in [0.25, 0.3) is 0 Å². The molecule has 1 heterocycles. The molecule has 20 heavy (non-hydrogen) atoms. The number of unbranched alkanes of at least 4 members (excludes halogenated alkanes) is 6. The first-order valence-corrected chi connectivity index (χ1v) is 8.28. The lowest BCUT2D eigenvalue weighted by Gasteiger charge is -2.21. The molecule has 0 aliphatic rings. The maximum atomic E-state index is 6.27. The summed E-state index contributed by atoms with van der Waals surface area (Å²) >= 11 is 0. The quantitative estimate of drug-likeness (QED) is 0.613. The van der Waals surface area contributed by atoms with Gasteiger partial charge < -0.3 is 10.3 Å². The summed E-state index contributed by atoms with van der Waals surface area (Å²) in [5, 5.41) is 4.06. The van der Waals surface area contributed by atoms with Crippen LogP contribution in [0.4, 0.5) is 0 Å². The Kier molecular flexibility index (Phi) is 7.82. The second-order valence-corrected chi connectivity index (χ2v) is 5.75. The van der Waals surface area contributed by atoms with Gasteiger partial charge in [-0.25, -0.2) is 0 Å². The third-order valence-corrected chi connectivity index (χ3v) is 4.17. The molecule has 0 spiro atoms. The van der Waals surface area contributed by atoms with E-state index in [0.717, 1.165) is 31.6 Å². The maximum absolute atomic E-state index is 6.27. The highest BCUT2D eigenvalue weighted by molar-refractivity contribution is 5.02. The van der Waals surface area contributed by atoms with E-state index in [1.165, 1.54) is 38.5 Å². The molecule has 0 aliphatic heterocycles. The second-order valence-electron chi connectivity index (χ2n) is 5.75. The Labute approximate surface area is 123 Å². The van der Waals surface area contributed by atoms with E-state index in [2.05, 4.69) is 30.9 Å². The average Bonchev–Trinajstić information content (AvgIpc) is 2.95. The van der Waals surface area contributed by atoms with E-state index in [0.29, 0.717) is 5.82 Å². The zero-order valence-electron chi connectivity index (χ0n) is 13.5. The summed E-state index contributed by atoms with van der Waals surface area (Å²) in [6.45, 7) is 6.38. The van der Waals surface area contributed by atoms with Crippen molar-refractivity contribution in [2.24, 2.45) is 5.73 Å². The van der Waals surface area contributed by atoms with Crippen LogP contribution in [0.3, 0.4) is 0 Å². The predicted molar refractivity (Wildman–Crippen MR) is 82.4 cm³/mol. The van der Waals surface area contributed by atoms with Crippen LogP contribution in [0.2, 0.25) is 0 Å². The topological polar surface area (TPSA) is 64.9 Å².